The van der Waals surface area contributed by atoms with Crippen LogP contribution in [0.4, 0.5) is 0 Å². The average molecular weight is 729 g/mol. The van der Waals surface area contributed by atoms with E-state index in [0.29, 0.717) is 0 Å². The van der Waals surface area contributed by atoms with E-state index in [2.05, 4.69) is 203 Å². The van der Waals surface area contributed by atoms with Crippen molar-refractivity contribution < 1.29 is 4.42 Å². The van der Waals surface area contributed by atoms with Crippen molar-refractivity contribution >= 4 is 71.1 Å². The molecule has 8 aromatic carbocycles. The highest BCUT2D eigenvalue weighted by molar-refractivity contribution is 6.17. The van der Waals surface area contributed by atoms with Crippen LogP contribution in [0.3, 0.4) is 0 Å². The monoisotopic (exact) mass is 728 g/mol. The van der Waals surface area contributed by atoms with Gasteiger partial charge in [0.05, 0.1) is 33.1 Å². The van der Waals surface area contributed by atoms with E-state index in [1.54, 1.807) is 0 Å². The van der Waals surface area contributed by atoms with Crippen LogP contribution in [0.15, 0.2) is 199 Å². The lowest BCUT2D eigenvalue weighted by molar-refractivity contribution is 0.667. The highest BCUT2D eigenvalue weighted by Gasteiger charge is 2.22. The molecule has 268 valence electrons. The summed E-state index contributed by atoms with van der Waals surface area (Å²) in [4.78, 5) is 0. The summed E-state index contributed by atoms with van der Waals surface area (Å²) in [5.74, 6) is 0. The number of benzene rings is 8. The van der Waals surface area contributed by atoms with Crippen LogP contribution in [-0.2, 0) is 0 Å². The largest absolute Gasteiger partial charge is 0.455 e. The highest BCUT2D eigenvalue weighted by Crippen LogP contribution is 2.43. The highest BCUT2D eigenvalue weighted by atomic mass is 16.3. The molecule has 3 heterocycles. The molecule has 3 nitrogen and oxygen atoms in total. The van der Waals surface area contributed by atoms with Crippen molar-refractivity contribution in [2.75, 3.05) is 0 Å². The molecular weight excluding hydrogens is 693 g/mol. The Hall–Kier alpha value is -7.36. The smallest absolute Gasteiger partial charge is 0.145 e. The summed E-state index contributed by atoms with van der Waals surface area (Å²) in [5, 5.41) is 7.24. The minimum Gasteiger partial charge on any atom is -0.455 e. The SMILES string of the molecule is C1=CCCC(c2ccc(-n3c4ccccc4c4ccc(-c5ccc6c7ccccc7n(-c7ccc(-c8ccccc8)cc7)c6c5)cc43)c3c2oc2ccccc23)=C1. The van der Waals surface area contributed by atoms with Crippen LogP contribution in [0.25, 0.3) is 105 Å². The molecule has 0 atom stereocenters. The third-order valence-electron chi connectivity index (χ3n) is 12.0. The van der Waals surface area contributed by atoms with Gasteiger partial charge in [0.2, 0.25) is 0 Å². The van der Waals surface area contributed by atoms with Gasteiger partial charge in [-0.05, 0) is 95.3 Å². The normalized spacial score (nSPS) is 13.2. The molecule has 0 radical (unpaired) electrons. The predicted molar refractivity (Wildman–Crippen MR) is 240 cm³/mol. The van der Waals surface area contributed by atoms with Crippen molar-refractivity contribution in [1.29, 1.82) is 0 Å². The van der Waals surface area contributed by atoms with Crippen LogP contribution in [-0.4, -0.2) is 9.13 Å². The lowest BCUT2D eigenvalue weighted by Crippen LogP contribution is -1.97. The minimum atomic E-state index is 0.910. The first kappa shape index (κ1) is 31.9. The predicted octanol–water partition coefficient (Wildman–Crippen LogP) is 14.8. The van der Waals surface area contributed by atoms with Crippen LogP contribution in [0, 0.1) is 0 Å². The van der Waals surface area contributed by atoms with Gasteiger partial charge >= 0.3 is 0 Å². The fraction of sp³-hybridized carbons (Fsp3) is 0.0370. The number of para-hydroxylation sites is 3. The van der Waals surface area contributed by atoms with E-state index in [1.807, 2.05) is 0 Å². The van der Waals surface area contributed by atoms with Crippen molar-refractivity contribution in [3.05, 3.63) is 200 Å². The Kier molecular flexibility index (Phi) is 7.05. The molecule has 0 N–H and O–H groups in total. The molecule has 1 aliphatic carbocycles. The number of hydrogen-bond acceptors (Lipinski definition) is 1. The summed E-state index contributed by atoms with van der Waals surface area (Å²) in [6, 6.07) is 64.1. The van der Waals surface area contributed by atoms with Gasteiger partial charge in [0.15, 0.2) is 0 Å². The molecule has 0 amide bonds. The molecule has 0 aliphatic heterocycles. The third-order valence-corrected chi connectivity index (χ3v) is 12.0. The van der Waals surface area contributed by atoms with Gasteiger partial charge in [-0.2, -0.15) is 0 Å². The van der Waals surface area contributed by atoms with Crippen LogP contribution in [0.2, 0.25) is 0 Å². The average Bonchev–Trinajstić information content (AvgIpc) is 3.94. The number of hydrogen-bond donors (Lipinski definition) is 0. The zero-order valence-electron chi connectivity index (χ0n) is 31.2. The first-order valence-corrected chi connectivity index (χ1v) is 19.8. The standard InChI is InChI=1S/C54H36N2O/c1-3-13-35(14-4-1)36-23-27-40(28-24-36)55-47-20-10-7-17-42(47)44-29-25-38(33-50(44)55)39-26-30-45-43-18-8-11-21-48(43)56(51(45)34-39)49-32-31-41(37-15-5-2-6-16-37)54-53(49)46-19-9-12-22-52(46)57-54/h1-5,7-15,17-34H,6,16H2. The summed E-state index contributed by atoms with van der Waals surface area (Å²) in [5.41, 5.74) is 16.2. The molecule has 0 bridgehead atoms. The second-order valence-corrected chi connectivity index (χ2v) is 15.2. The van der Waals surface area contributed by atoms with E-state index in [-0.39, 0.29) is 0 Å². The Labute approximate surface area is 329 Å². The van der Waals surface area contributed by atoms with Crippen molar-refractivity contribution in [3.63, 3.8) is 0 Å². The maximum absolute atomic E-state index is 6.75. The molecule has 1 aliphatic rings. The van der Waals surface area contributed by atoms with Crippen molar-refractivity contribution in [1.82, 2.24) is 9.13 Å². The van der Waals surface area contributed by atoms with Gasteiger partial charge in [0.25, 0.3) is 0 Å². The molecule has 0 unspecified atom stereocenters. The van der Waals surface area contributed by atoms with E-state index in [1.165, 1.54) is 77.0 Å². The first-order valence-electron chi connectivity index (χ1n) is 19.8. The van der Waals surface area contributed by atoms with E-state index >= 15 is 0 Å². The van der Waals surface area contributed by atoms with Crippen LogP contribution in [0.5, 0.6) is 0 Å². The number of allylic oxidation sites excluding steroid dienone is 4. The molecule has 12 rings (SSSR count). The number of rotatable bonds is 5. The maximum Gasteiger partial charge on any atom is 0.145 e. The number of furan rings is 1. The van der Waals surface area contributed by atoms with Gasteiger partial charge in [-0.1, -0.05) is 140 Å². The fourth-order valence-corrected chi connectivity index (χ4v) is 9.35. The van der Waals surface area contributed by atoms with Gasteiger partial charge in [0.1, 0.15) is 11.2 Å². The van der Waals surface area contributed by atoms with Crippen molar-refractivity contribution in [3.8, 4) is 33.6 Å². The minimum absolute atomic E-state index is 0.910. The first-order chi connectivity index (χ1) is 28.3. The lowest BCUT2D eigenvalue weighted by atomic mass is 9.95. The summed E-state index contributed by atoms with van der Waals surface area (Å²) in [7, 11) is 0. The molecule has 0 saturated heterocycles. The van der Waals surface area contributed by atoms with Gasteiger partial charge < -0.3 is 13.6 Å². The second-order valence-electron chi connectivity index (χ2n) is 15.2. The molecule has 57 heavy (non-hydrogen) atoms. The molecular formula is C54H36N2O. The van der Waals surface area contributed by atoms with Gasteiger partial charge in [-0.15, -0.1) is 0 Å². The maximum atomic E-state index is 6.75. The van der Waals surface area contributed by atoms with E-state index in [9.17, 15) is 0 Å². The van der Waals surface area contributed by atoms with Gasteiger partial charge in [-0.25, -0.2) is 0 Å². The molecule has 3 heteroatoms. The van der Waals surface area contributed by atoms with Crippen molar-refractivity contribution in [2.45, 2.75) is 12.8 Å². The lowest BCUT2D eigenvalue weighted by Gasteiger charge is -2.15. The Morgan fingerprint density at radius 3 is 1.72 bits per heavy atom. The number of fused-ring (bicyclic) bond motifs is 9. The molecule has 3 aromatic heterocycles. The zero-order chi connectivity index (χ0) is 37.5. The quantitative estimate of drug-likeness (QED) is 0.173. The Morgan fingerprint density at radius 1 is 0.439 bits per heavy atom. The van der Waals surface area contributed by atoms with Crippen molar-refractivity contribution in [2.24, 2.45) is 0 Å². The Balaban J connectivity index is 1.07. The second kappa shape index (κ2) is 12.6. The molecule has 0 fully saturated rings. The van der Waals surface area contributed by atoms with E-state index < -0.39 is 0 Å². The van der Waals surface area contributed by atoms with E-state index in [0.717, 1.165) is 46.2 Å². The van der Waals surface area contributed by atoms with Crippen LogP contribution >= 0.6 is 0 Å². The molecule has 0 saturated carbocycles. The summed E-state index contributed by atoms with van der Waals surface area (Å²) < 4.78 is 11.6. The Bertz CT molecular complexity index is 3440. The molecule has 0 spiro atoms. The zero-order valence-corrected chi connectivity index (χ0v) is 31.2. The summed E-state index contributed by atoms with van der Waals surface area (Å²) >= 11 is 0. The van der Waals surface area contributed by atoms with E-state index in [4.69, 9.17) is 4.42 Å². The summed E-state index contributed by atoms with van der Waals surface area (Å²) in [6.07, 6.45) is 8.70. The fourth-order valence-electron chi connectivity index (χ4n) is 9.35. The summed E-state index contributed by atoms with van der Waals surface area (Å²) in [6.45, 7) is 0. The van der Waals surface area contributed by atoms with Crippen LogP contribution in [0.1, 0.15) is 18.4 Å². The van der Waals surface area contributed by atoms with Crippen LogP contribution < -0.4 is 0 Å². The Morgan fingerprint density at radius 2 is 1.02 bits per heavy atom. The number of nitrogens with zero attached hydrogens (tertiary/aromatic N) is 2. The molecule has 11 aromatic rings. The third kappa shape index (κ3) is 4.92. The van der Waals surface area contributed by atoms with Gasteiger partial charge in [-0.3, -0.25) is 0 Å². The van der Waals surface area contributed by atoms with Gasteiger partial charge in [0, 0.05) is 38.2 Å². The topological polar surface area (TPSA) is 23.0 Å². The number of aromatic nitrogens is 2.